The van der Waals surface area contributed by atoms with Gasteiger partial charge >= 0.3 is 11.9 Å². The molecule has 0 fully saturated rings. The van der Waals surface area contributed by atoms with E-state index in [0.717, 1.165) is 5.56 Å². The highest BCUT2D eigenvalue weighted by Crippen LogP contribution is 2.24. The smallest absolute Gasteiger partial charge is 0.323 e. The van der Waals surface area contributed by atoms with Crippen molar-refractivity contribution in [3.05, 3.63) is 102 Å². The predicted octanol–water partition coefficient (Wildman–Crippen LogP) is 3.86. The molecular weight excluding hydrogens is 392 g/mol. The van der Waals surface area contributed by atoms with Crippen molar-refractivity contribution in [2.75, 3.05) is 18.0 Å². The number of benzene rings is 3. The molecule has 0 unspecified atom stereocenters. The first kappa shape index (κ1) is 22.1. The van der Waals surface area contributed by atoms with Crippen molar-refractivity contribution >= 4 is 17.6 Å². The minimum absolute atomic E-state index is 0.374. The zero-order valence-corrected chi connectivity index (χ0v) is 17.2. The summed E-state index contributed by atoms with van der Waals surface area (Å²) in [5, 5.41) is 18.6. The lowest BCUT2D eigenvalue weighted by Gasteiger charge is -2.28. The van der Waals surface area contributed by atoms with Crippen molar-refractivity contribution in [3.63, 3.8) is 0 Å². The number of para-hydroxylation sites is 1. The predicted molar refractivity (Wildman–Crippen MR) is 120 cm³/mol. The van der Waals surface area contributed by atoms with Gasteiger partial charge < -0.3 is 15.1 Å². The minimum atomic E-state index is -1.07. The number of hydrogen-bond acceptors (Lipinski definition) is 4. The maximum Gasteiger partial charge on any atom is 0.323 e. The Kier molecular flexibility index (Phi) is 7.79. The summed E-state index contributed by atoms with van der Waals surface area (Å²) in [5.41, 5.74) is 3.85. The summed E-state index contributed by atoms with van der Waals surface area (Å²) >= 11 is 0. The van der Waals surface area contributed by atoms with Gasteiger partial charge in [-0.15, -0.1) is 0 Å². The van der Waals surface area contributed by atoms with Crippen LogP contribution in [-0.2, 0) is 29.2 Å². The van der Waals surface area contributed by atoms with Crippen molar-refractivity contribution in [2.24, 2.45) is 0 Å². The molecule has 31 heavy (non-hydrogen) atoms. The number of carboxylic acids is 2. The number of rotatable bonds is 11. The highest BCUT2D eigenvalue weighted by molar-refractivity contribution is 5.80. The van der Waals surface area contributed by atoms with Crippen LogP contribution in [0.25, 0.3) is 0 Å². The molecule has 2 N–H and O–H groups in total. The van der Waals surface area contributed by atoms with E-state index in [2.05, 4.69) is 29.2 Å². The van der Waals surface area contributed by atoms with Crippen LogP contribution in [0.4, 0.5) is 5.69 Å². The van der Waals surface area contributed by atoms with Crippen LogP contribution in [0.15, 0.2) is 84.9 Å². The standard InChI is InChI=1S/C25H26N2O4/c28-24(29)18-27(19-25(30)31)23-14-8-7-13-22(23)17-26(15-20-9-3-1-4-10-20)16-21-11-5-2-6-12-21/h1-14H,15-19H2,(H,28,29)(H,30,31). The highest BCUT2D eigenvalue weighted by atomic mass is 16.4. The fraction of sp³-hybridized carbons (Fsp3) is 0.200. The van der Waals surface area contributed by atoms with Gasteiger partial charge in [0.15, 0.2) is 0 Å². The second kappa shape index (κ2) is 10.9. The number of carbonyl (C=O) groups is 2. The maximum atomic E-state index is 11.3. The second-order valence-electron chi connectivity index (χ2n) is 7.39. The third-order valence-electron chi connectivity index (χ3n) is 4.88. The molecule has 0 atom stereocenters. The summed E-state index contributed by atoms with van der Waals surface area (Å²) in [6.45, 7) is 1.22. The van der Waals surface area contributed by atoms with E-state index in [9.17, 15) is 19.8 Å². The van der Waals surface area contributed by atoms with E-state index in [1.54, 1.807) is 12.1 Å². The average molecular weight is 418 g/mol. The molecule has 0 bridgehead atoms. The molecule has 0 amide bonds. The van der Waals surface area contributed by atoms with Gasteiger partial charge in [-0.1, -0.05) is 78.9 Å². The average Bonchev–Trinajstić information content (AvgIpc) is 2.74. The molecule has 0 saturated heterocycles. The molecule has 6 heteroatoms. The first-order valence-corrected chi connectivity index (χ1v) is 10.1. The second-order valence-corrected chi connectivity index (χ2v) is 7.39. The van der Waals surface area contributed by atoms with Crippen molar-refractivity contribution in [3.8, 4) is 0 Å². The fourth-order valence-corrected chi connectivity index (χ4v) is 3.60. The molecule has 0 radical (unpaired) electrons. The van der Waals surface area contributed by atoms with Gasteiger partial charge in [0.05, 0.1) is 0 Å². The number of carboxylic acid groups (broad SMARTS) is 2. The molecule has 0 aromatic heterocycles. The number of nitrogens with zero attached hydrogens (tertiary/aromatic N) is 2. The van der Waals surface area contributed by atoms with E-state index in [1.165, 1.54) is 16.0 Å². The lowest BCUT2D eigenvalue weighted by molar-refractivity contribution is -0.136. The normalized spacial score (nSPS) is 10.7. The number of aliphatic carboxylic acids is 2. The quantitative estimate of drug-likeness (QED) is 0.492. The Hall–Kier alpha value is -3.64. The Labute approximate surface area is 182 Å². The van der Waals surface area contributed by atoms with E-state index in [0.29, 0.717) is 25.3 Å². The van der Waals surface area contributed by atoms with Gasteiger partial charge in [0.25, 0.3) is 0 Å². The molecule has 0 heterocycles. The van der Waals surface area contributed by atoms with E-state index in [-0.39, 0.29) is 13.1 Å². The zero-order valence-electron chi connectivity index (χ0n) is 17.2. The minimum Gasteiger partial charge on any atom is -0.480 e. The van der Waals surface area contributed by atoms with Crippen LogP contribution >= 0.6 is 0 Å². The van der Waals surface area contributed by atoms with Gasteiger partial charge in [0.2, 0.25) is 0 Å². The van der Waals surface area contributed by atoms with Gasteiger partial charge in [0.1, 0.15) is 13.1 Å². The summed E-state index contributed by atoms with van der Waals surface area (Å²) in [6.07, 6.45) is 0. The van der Waals surface area contributed by atoms with Crippen LogP contribution in [0.1, 0.15) is 16.7 Å². The molecule has 0 aliphatic rings. The van der Waals surface area contributed by atoms with Crippen molar-refractivity contribution < 1.29 is 19.8 Å². The molecule has 160 valence electrons. The van der Waals surface area contributed by atoms with E-state index in [4.69, 9.17) is 0 Å². The van der Waals surface area contributed by atoms with Crippen LogP contribution in [-0.4, -0.2) is 40.1 Å². The summed E-state index contributed by atoms with van der Waals surface area (Å²) in [6, 6.07) is 27.7. The van der Waals surface area contributed by atoms with Crippen molar-refractivity contribution in [1.82, 2.24) is 4.90 Å². The van der Waals surface area contributed by atoms with Gasteiger partial charge in [-0.3, -0.25) is 14.5 Å². The van der Waals surface area contributed by atoms with Crippen molar-refractivity contribution in [1.29, 1.82) is 0 Å². The lowest BCUT2D eigenvalue weighted by Crippen LogP contribution is -2.35. The summed E-state index contributed by atoms with van der Waals surface area (Å²) in [5.74, 6) is -2.14. The maximum absolute atomic E-state index is 11.3. The zero-order chi connectivity index (χ0) is 22.1. The van der Waals surface area contributed by atoms with E-state index < -0.39 is 11.9 Å². The van der Waals surface area contributed by atoms with Gasteiger partial charge in [-0.2, -0.15) is 0 Å². The first-order valence-electron chi connectivity index (χ1n) is 10.1. The topological polar surface area (TPSA) is 81.1 Å². The van der Waals surface area contributed by atoms with Crippen molar-refractivity contribution in [2.45, 2.75) is 19.6 Å². The van der Waals surface area contributed by atoms with Crippen LogP contribution in [0, 0.1) is 0 Å². The molecule has 3 rings (SSSR count). The first-order chi connectivity index (χ1) is 15.0. The molecule has 3 aromatic rings. The van der Waals surface area contributed by atoms with Gasteiger partial charge in [-0.05, 0) is 22.8 Å². The SMILES string of the molecule is O=C(O)CN(CC(=O)O)c1ccccc1CN(Cc1ccccc1)Cc1ccccc1. The van der Waals surface area contributed by atoms with Crippen LogP contribution in [0.3, 0.4) is 0 Å². The van der Waals surface area contributed by atoms with Gasteiger partial charge in [0, 0.05) is 25.3 Å². The van der Waals surface area contributed by atoms with Gasteiger partial charge in [-0.25, -0.2) is 0 Å². The van der Waals surface area contributed by atoms with Crippen LogP contribution in [0.5, 0.6) is 0 Å². The van der Waals surface area contributed by atoms with E-state index in [1.807, 2.05) is 48.5 Å². The molecule has 0 aliphatic heterocycles. The lowest BCUT2D eigenvalue weighted by atomic mass is 10.1. The van der Waals surface area contributed by atoms with E-state index >= 15 is 0 Å². The number of anilines is 1. The molecule has 0 spiro atoms. The summed E-state index contributed by atoms with van der Waals surface area (Å²) in [4.78, 5) is 26.3. The molecular formula is C25H26N2O4. The Bertz CT molecular complexity index is 935. The molecule has 0 saturated carbocycles. The van der Waals surface area contributed by atoms with Crippen LogP contribution < -0.4 is 4.90 Å². The Morgan fingerprint density at radius 3 is 1.55 bits per heavy atom. The highest BCUT2D eigenvalue weighted by Gasteiger charge is 2.19. The monoisotopic (exact) mass is 418 g/mol. The Morgan fingerprint density at radius 2 is 1.06 bits per heavy atom. The van der Waals surface area contributed by atoms with Crippen LogP contribution in [0.2, 0.25) is 0 Å². The summed E-state index contributed by atoms with van der Waals surface area (Å²) < 4.78 is 0. The largest absolute Gasteiger partial charge is 0.480 e. The number of hydrogen-bond donors (Lipinski definition) is 2. The Morgan fingerprint density at radius 1 is 0.613 bits per heavy atom. The molecule has 3 aromatic carbocycles. The molecule has 0 aliphatic carbocycles. The molecule has 6 nitrogen and oxygen atoms in total. The third-order valence-corrected chi connectivity index (χ3v) is 4.88. The third kappa shape index (κ3) is 6.97. The fourth-order valence-electron chi connectivity index (χ4n) is 3.60. The Balaban J connectivity index is 1.89. The summed E-state index contributed by atoms with van der Waals surface area (Å²) in [7, 11) is 0.